The molecule has 0 spiro atoms. The number of benzene rings is 2. The van der Waals surface area contributed by atoms with Crippen LogP contribution in [0.15, 0.2) is 47.4 Å². The predicted octanol–water partition coefficient (Wildman–Crippen LogP) is 3.79. The van der Waals surface area contributed by atoms with Crippen LogP contribution < -0.4 is 11.1 Å². The molecule has 3 nitrogen and oxygen atoms in total. The van der Waals surface area contributed by atoms with Crippen molar-refractivity contribution in [2.45, 2.75) is 24.8 Å². The van der Waals surface area contributed by atoms with Crippen molar-refractivity contribution in [3.63, 3.8) is 0 Å². The van der Waals surface area contributed by atoms with Gasteiger partial charge >= 0.3 is 0 Å². The number of thioether (sulfide) groups is 1. The fourth-order valence-corrected chi connectivity index (χ4v) is 2.53. The Morgan fingerprint density at radius 3 is 2.48 bits per heavy atom. The molecule has 0 aromatic heterocycles. The minimum atomic E-state index is -0.141. The molecule has 0 aliphatic carbocycles. The topological polar surface area (TPSA) is 55.1 Å². The third-order valence-electron chi connectivity index (χ3n) is 3.42. The summed E-state index contributed by atoms with van der Waals surface area (Å²) in [4.78, 5) is 13.5. The van der Waals surface area contributed by atoms with Crippen LogP contribution in [0.1, 0.15) is 34.5 Å². The second-order valence-electron chi connectivity index (χ2n) is 5.06. The normalized spacial score (nSPS) is 12.0. The molecule has 0 bridgehead atoms. The Bertz CT molecular complexity index is 638. The molecule has 0 aliphatic rings. The number of nitrogens with one attached hydrogen (secondary N) is 1. The third-order valence-corrected chi connectivity index (χ3v) is 4.16. The van der Waals surface area contributed by atoms with Crippen molar-refractivity contribution in [3.05, 3.63) is 59.2 Å². The number of aryl methyl sites for hydroxylation is 1. The number of amides is 1. The van der Waals surface area contributed by atoms with E-state index in [-0.39, 0.29) is 11.9 Å². The highest BCUT2D eigenvalue weighted by molar-refractivity contribution is 7.98. The lowest BCUT2D eigenvalue weighted by Crippen LogP contribution is -2.27. The van der Waals surface area contributed by atoms with Gasteiger partial charge in [-0.3, -0.25) is 4.79 Å². The molecule has 0 aliphatic heterocycles. The summed E-state index contributed by atoms with van der Waals surface area (Å²) in [6.45, 7) is 3.92. The second-order valence-corrected chi connectivity index (χ2v) is 5.94. The Morgan fingerprint density at radius 1 is 1.19 bits per heavy atom. The van der Waals surface area contributed by atoms with Gasteiger partial charge in [0.2, 0.25) is 0 Å². The summed E-state index contributed by atoms with van der Waals surface area (Å²) in [5.74, 6) is -0.141. The molecule has 4 heteroatoms. The van der Waals surface area contributed by atoms with E-state index in [2.05, 4.69) is 17.4 Å². The molecular weight excluding hydrogens is 280 g/mol. The molecule has 1 atom stereocenters. The van der Waals surface area contributed by atoms with Gasteiger partial charge in [-0.05, 0) is 49.9 Å². The monoisotopic (exact) mass is 300 g/mol. The molecule has 2 rings (SSSR count). The van der Waals surface area contributed by atoms with Crippen molar-refractivity contribution in [1.29, 1.82) is 0 Å². The standard InChI is InChI=1S/C17H20N2OS/c1-11-4-9-16(18)15(10-11)17(20)19-12(2)13-5-7-14(21-3)8-6-13/h4-10,12H,18H2,1-3H3,(H,19,20). The number of hydrogen-bond donors (Lipinski definition) is 2. The summed E-state index contributed by atoms with van der Waals surface area (Å²) in [7, 11) is 0. The van der Waals surface area contributed by atoms with Crippen LogP contribution in [0.25, 0.3) is 0 Å². The number of nitrogens with two attached hydrogens (primary N) is 1. The molecule has 0 radical (unpaired) electrons. The van der Waals surface area contributed by atoms with Crippen LogP contribution in [-0.2, 0) is 0 Å². The lowest BCUT2D eigenvalue weighted by Gasteiger charge is -2.16. The second kappa shape index (κ2) is 6.68. The summed E-state index contributed by atoms with van der Waals surface area (Å²) >= 11 is 1.70. The number of hydrogen-bond acceptors (Lipinski definition) is 3. The minimum absolute atomic E-state index is 0.0617. The Labute approximate surface area is 129 Å². The van der Waals surface area contributed by atoms with Crippen LogP contribution in [0.2, 0.25) is 0 Å². The average Bonchev–Trinajstić information content (AvgIpc) is 2.49. The summed E-state index contributed by atoms with van der Waals surface area (Å²) in [5, 5.41) is 2.99. The van der Waals surface area contributed by atoms with Gasteiger partial charge in [-0.25, -0.2) is 0 Å². The molecule has 3 N–H and O–H groups in total. The number of carbonyl (C=O) groups is 1. The number of rotatable bonds is 4. The van der Waals surface area contributed by atoms with E-state index in [1.165, 1.54) is 4.90 Å². The molecule has 0 fully saturated rings. The van der Waals surface area contributed by atoms with E-state index in [9.17, 15) is 4.79 Å². The minimum Gasteiger partial charge on any atom is -0.398 e. The molecule has 1 amide bonds. The molecule has 1 unspecified atom stereocenters. The van der Waals surface area contributed by atoms with Crippen LogP contribution in [0.4, 0.5) is 5.69 Å². The Hall–Kier alpha value is -1.94. The Balaban J connectivity index is 2.12. The molecule has 21 heavy (non-hydrogen) atoms. The first-order valence-corrected chi connectivity index (χ1v) is 8.04. The van der Waals surface area contributed by atoms with Gasteiger partial charge in [0, 0.05) is 10.6 Å². The lowest BCUT2D eigenvalue weighted by molar-refractivity contribution is 0.0940. The predicted molar refractivity (Wildman–Crippen MR) is 89.7 cm³/mol. The molecular formula is C17H20N2OS. The van der Waals surface area contributed by atoms with Crippen LogP contribution in [0, 0.1) is 6.92 Å². The van der Waals surface area contributed by atoms with Crippen molar-refractivity contribution in [3.8, 4) is 0 Å². The maximum Gasteiger partial charge on any atom is 0.253 e. The summed E-state index contributed by atoms with van der Waals surface area (Å²) in [6.07, 6.45) is 2.04. The molecule has 0 heterocycles. The number of nitrogen functional groups attached to an aromatic ring is 1. The Kier molecular flexibility index (Phi) is 4.91. The van der Waals surface area contributed by atoms with E-state index < -0.39 is 0 Å². The van der Waals surface area contributed by atoms with Crippen LogP contribution >= 0.6 is 11.8 Å². The van der Waals surface area contributed by atoms with Crippen molar-refractivity contribution < 1.29 is 4.79 Å². The van der Waals surface area contributed by atoms with Gasteiger partial charge in [-0.2, -0.15) is 0 Å². The van der Waals surface area contributed by atoms with E-state index in [4.69, 9.17) is 5.73 Å². The third kappa shape index (κ3) is 3.79. The van der Waals surface area contributed by atoms with E-state index in [0.29, 0.717) is 11.3 Å². The zero-order valence-electron chi connectivity index (χ0n) is 12.5. The van der Waals surface area contributed by atoms with Crippen molar-refractivity contribution in [2.24, 2.45) is 0 Å². The van der Waals surface area contributed by atoms with Gasteiger partial charge in [0.15, 0.2) is 0 Å². The van der Waals surface area contributed by atoms with Crippen LogP contribution in [0.5, 0.6) is 0 Å². The van der Waals surface area contributed by atoms with E-state index in [1.54, 1.807) is 17.8 Å². The molecule has 0 saturated heterocycles. The highest BCUT2D eigenvalue weighted by atomic mass is 32.2. The van der Waals surface area contributed by atoms with Gasteiger partial charge < -0.3 is 11.1 Å². The maximum atomic E-state index is 12.3. The first-order valence-electron chi connectivity index (χ1n) is 6.82. The lowest BCUT2D eigenvalue weighted by atomic mass is 10.1. The van der Waals surface area contributed by atoms with E-state index in [0.717, 1.165) is 11.1 Å². The first kappa shape index (κ1) is 15.4. The van der Waals surface area contributed by atoms with Crippen molar-refractivity contribution >= 4 is 23.4 Å². The highest BCUT2D eigenvalue weighted by Crippen LogP contribution is 2.20. The van der Waals surface area contributed by atoms with Gasteiger partial charge in [-0.15, -0.1) is 11.8 Å². The Morgan fingerprint density at radius 2 is 1.86 bits per heavy atom. The maximum absolute atomic E-state index is 12.3. The van der Waals surface area contributed by atoms with Crippen molar-refractivity contribution in [1.82, 2.24) is 5.32 Å². The molecule has 2 aromatic rings. The molecule has 110 valence electrons. The van der Waals surface area contributed by atoms with Crippen LogP contribution in [0.3, 0.4) is 0 Å². The van der Waals surface area contributed by atoms with Gasteiger partial charge in [0.05, 0.1) is 11.6 Å². The van der Waals surface area contributed by atoms with Crippen LogP contribution in [-0.4, -0.2) is 12.2 Å². The fourth-order valence-electron chi connectivity index (χ4n) is 2.12. The largest absolute Gasteiger partial charge is 0.398 e. The molecule has 2 aromatic carbocycles. The first-order chi connectivity index (χ1) is 10.0. The summed E-state index contributed by atoms with van der Waals surface area (Å²) < 4.78 is 0. The van der Waals surface area contributed by atoms with Gasteiger partial charge in [-0.1, -0.05) is 23.8 Å². The van der Waals surface area contributed by atoms with Gasteiger partial charge in [0.25, 0.3) is 5.91 Å². The van der Waals surface area contributed by atoms with Gasteiger partial charge in [0.1, 0.15) is 0 Å². The molecule has 0 saturated carbocycles. The quantitative estimate of drug-likeness (QED) is 0.667. The number of carbonyl (C=O) groups excluding carboxylic acids is 1. The van der Waals surface area contributed by atoms with E-state index >= 15 is 0 Å². The van der Waals surface area contributed by atoms with Crippen molar-refractivity contribution in [2.75, 3.05) is 12.0 Å². The van der Waals surface area contributed by atoms with E-state index in [1.807, 2.05) is 44.4 Å². The summed E-state index contributed by atoms with van der Waals surface area (Å²) in [5.41, 5.74) is 9.01. The fraction of sp³-hybridized carbons (Fsp3) is 0.235. The number of anilines is 1. The zero-order chi connectivity index (χ0) is 15.4. The average molecular weight is 300 g/mol. The SMILES string of the molecule is CSc1ccc(C(C)NC(=O)c2cc(C)ccc2N)cc1. The zero-order valence-corrected chi connectivity index (χ0v) is 13.3. The smallest absolute Gasteiger partial charge is 0.253 e. The summed E-state index contributed by atoms with van der Waals surface area (Å²) in [6, 6.07) is 13.6. The highest BCUT2D eigenvalue weighted by Gasteiger charge is 2.14.